The molecule has 0 aromatic carbocycles. The van der Waals surface area contributed by atoms with Crippen molar-refractivity contribution in [1.82, 2.24) is 4.90 Å². The lowest BCUT2D eigenvalue weighted by Gasteiger charge is -2.24. The first-order valence-electron chi connectivity index (χ1n) is 6.56. The quantitative estimate of drug-likeness (QED) is 0.821. The maximum absolute atomic E-state index is 11.8. The summed E-state index contributed by atoms with van der Waals surface area (Å²) in [6.45, 7) is 7.02. The first-order chi connectivity index (χ1) is 8.41. The third-order valence-electron chi connectivity index (χ3n) is 3.33. The second-order valence-electron chi connectivity index (χ2n) is 5.48. The van der Waals surface area contributed by atoms with Crippen LogP contribution >= 0.6 is 0 Å². The number of carbonyl (C=O) groups is 2. The lowest BCUT2D eigenvalue weighted by atomic mass is 9.83. The van der Waals surface area contributed by atoms with E-state index in [0.29, 0.717) is 26.0 Å². The summed E-state index contributed by atoms with van der Waals surface area (Å²) in [5.74, 6) is -0.514. The van der Waals surface area contributed by atoms with Gasteiger partial charge in [0.25, 0.3) is 0 Å². The molecule has 5 nitrogen and oxygen atoms in total. The van der Waals surface area contributed by atoms with Crippen molar-refractivity contribution in [3.05, 3.63) is 0 Å². The minimum absolute atomic E-state index is 0.271. The number of amides is 1. The van der Waals surface area contributed by atoms with Crippen LogP contribution in [0.1, 0.15) is 40.0 Å². The highest BCUT2D eigenvalue weighted by molar-refractivity contribution is 5.77. The van der Waals surface area contributed by atoms with Gasteiger partial charge in [-0.3, -0.25) is 4.79 Å². The van der Waals surface area contributed by atoms with Gasteiger partial charge in [-0.05, 0) is 18.8 Å². The van der Waals surface area contributed by atoms with Gasteiger partial charge in [0.15, 0.2) is 0 Å². The third kappa shape index (κ3) is 3.37. The molecule has 5 heteroatoms. The van der Waals surface area contributed by atoms with E-state index in [-0.39, 0.29) is 18.6 Å². The van der Waals surface area contributed by atoms with Gasteiger partial charge in [-0.15, -0.1) is 0 Å². The van der Waals surface area contributed by atoms with Crippen molar-refractivity contribution in [3.63, 3.8) is 0 Å². The van der Waals surface area contributed by atoms with Crippen LogP contribution in [0.25, 0.3) is 0 Å². The Morgan fingerprint density at radius 3 is 2.61 bits per heavy atom. The van der Waals surface area contributed by atoms with Gasteiger partial charge in [0.05, 0.1) is 12.0 Å². The summed E-state index contributed by atoms with van der Waals surface area (Å²) in [6, 6.07) is 0. The summed E-state index contributed by atoms with van der Waals surface area (Å²) in [7, 11) is 0. The molecule has 0 saturated carbocycles. The highest BCUT2D eigenvalue weighted by Gasteiger charge is 2.45. The number of nitrogens with zero attached hydrogens (tertiary/aromatic N) is 1. The predicted octanol–water partition coefficient (Wildman–Crippen LogP) is 2.36. The SMILES string of the molecule is CCCC1(C(=O)O)CCN(C(=O)OCC(C)C)C1. The third-order valence-corrected chi connectivity index (χ3v) is 3.33. The first kappa shape index (κ1) is 14.8. The fraction of sp³-hybridized carbons (Fsp3) is 0.846. The Morgan fingerprint density at radius 1 is 1.44 bits per heavy atom. The molecule has 1 atom stereocenters. The summed E-state index contributed by atoms with van der Waals surface area (Å²) < 4.78 is 5.13. The van der Waals surface area contributed by atoms with Crippen molar-refractivity contribution in [1.29, 1.82) is 0 Å². The lowest BCUT2D eigenvalue weighted by Crippen LogP contribution is -2.37. The highest BCUT2D eigenvalue weighted by atomic mass is 16.6. The molecule has 1 fully saturated rings. The van der Waals surface area contributed by atoms with Gasteiger partial charge in [0, 0.05) is 13.1 Å². The van der Waals surface area contributed by atoms with Gasteiger partial charge in [-0.1, -0.05) is 27.2 Å². The molecule has 1 heterocycles. The van der Waals surface area contributed by atoms with Crippen molar-refractivity contribution in [2.45, 2.75) is 40.0 Å². The van der Waals surface area contributed by atoms with E-state index < -0.39 is 11.4 Å². The van der Waals surface area contributed by atoms with Crippen LogP contribution < -0.4 is 0 Å². The predicted molar refractivity (Wildman–Crippen MR) is 67.4 cm³/mol. The first-order valence-corrected chi connectivity index (χ1v) is 6.56. The summed E-state index contributed by atoms with van der Waals surface area (Å²) >= 11 is 0. The lowest BCUT2D eigenvalue weighted by molar-refractivity contribution is -0.148. The van der Waals surface area contributed by atoms with E-state index in [0.717, 1.165) is 6.42 Å². The number of hydrogen-bond donors (Lipinski definition) is 1. The van der Waals surface area contributed by atoms with Gasteiger partial charge in [0.2, 0.25) is 0 Å². The minimum atomic E-state index is -0.802. The summed E-state index contributed by atoms with van der Waals surface area (Å²) in [4.78, 5) is 24.7. The number of ether oxygens (including phenoxy) is 1. The Bertz CT molecular complexity index is 316. The molecule has 1 N–H and O–H groups in total. The number of carbonyl (C=O) groups excluding carboxylic acids is 1. The molecule has 1 rings (SSSR count). The fourth-order valence-electron chi connectivity index (χ4n) is 2.32. The van der Waals surface area contributed by atoms with Gasteiger partial charge in [0.1, 0.15) is 0 Å². The minimum Gasteiger partial charge on any atom is -0.481 e. The van der Waals surface area contributed by atoms with Crippen LogP contribution in [0, 0.1) is 11.3 Å². The van der Waals surface area contributed by atoms with Crippen LogP contribution in [0.4, 0.5) is 4.79 Å². The monoisotopic (exact) mass is 257 g/mol. The molecule has 1 amide bonds. The molecule has 104 valence electrons. The topological polar surface area (TPSA) is 66.8 Å². The molecule has 0 bridgehead atoms. The standard InChI is InChI=1S/C13H23NO4/c1-4-5-13(11(15)16)6-7-14(9-13)12(17)18-8-10(2)3/h10H,4-9H2,1-3H3,(H,15,16). The molecular formula is C13H23NO4. The number of rotatable bonds is 5. The van der Waals surface area contributed by atoms with Crippen molar-refractivity contribution in [2.24, 2.45) is 11.3 Å². The van der Waals surface area contributed by atoms with E-state index >= 15 is 0 Å². The zero-order chi connectivity index (χ0) is 13.8. The summed E-state index contributed by atoms with van der Waals surface area (Å²) in [5, 5.41) is 9.33. The van der Waals surface area contributed by atoms with Crippen LogP contribution in [0.15, 0.2) is 0 Å². The summed E-state index contributed by atoms with van der Waals surface area (Å²) in [5.41, 5.74) is -0.772. The molecule has 1 unspecified atom stereocenters. The average Bonchev–Trinajstić information content (AvgIpc) is 2.72. The largest absolute Gasteiger partial charge is 0.481 e. The molecule has 1 saturated heterocycles. The van der Waals surface area contributed by atoms with Crippen molar-refractivity contribution in [3.8, 4) is 0 Å². The van der Waals surface area contributed by atoms with Crippen LogP contribution in [-0.4, -0.2) is 41.8 Å². The molecule has 1 aliphatic rings. The van der Waals surface area contributed by atoms with Crippen LogP contribution in [-0.2, 0) is 9.53 Å². The number of carboxylic acids is 1. The maximum Gasteiger partial charge on any atom is 0.409 e. The second kappa shape index (κ2) is 6.07. The molecule has 18 heavy (non-hydrogen) atoms. The zero-order valence-corrected chi connectivity index (χ0v) is 11.4. The van der Waals surface area contributed by atoms with Crippen LogP contribution in [0.2, 0.25) is 0 Å². The van der Waals surface area contributed by atoms with Crippen LogP contribution in [0.5, 0.6) is 0 Å². The van der Waals surface area contributed by atoms with E-state index in [1.807, 2.05) is 20.8 Å². The molecule has 0 aromatic rings. The molecule has 0 radical (unpaired) electrons. The number of likely N-dealkylation sites (tertiary alicyclic amines) is 1. The Labute approximate surface area is 108 Å². The number of hydrogen-bond acceptors (Lipinski definition) is 3. The Hall–Kier alpha value is -1.26. The van der Waals surface area contributed by atoms with Crippen molar-refractivity contribution in [2.75, 3.05) is 19.7 Å². The molecule has 1 aliphatic heterocycles. The second-order valence-corrected chi connectivity index (χ2v) is 5.48. The normalized spacial score (nSPS) is 23.4. The van der Waals surface area contributed by atoms with Gasteiger partial charge >= 0.3 is 12.1 Å². The van der Waals surface area contributed by atoms with E-state index in [2.05, 4.69) is 0 Å². The molecule has 0 aliphatic carbocycles. The van der Waals surface area contributed by atoms with Crippen LogP contribution in [0.3, 0.4) is 0 Å². The van der Waals surface area contributed by atoms with E-state index in [9.17, 15) is 14.7 Å². The fourth-order valence-corrected chi connectivity index (χ4v) is 2.32. The van der Waals surface area contributed by atoms with Gasteiger partial charge in [-0.2, -0.15) is 0 Å². The Kier molecular flexibility index (Phi) is 4.99. The molecule has 0 aromatic heterocycles. The van der Waals surface area contributed by atoms with E-state index in [1.54, 1.807) is 0 Å². The summed E-state index contributed by atoms with van der Waals surface area (Å²) in [6.07, 6.45) is 1.55. The Balaban J connectivity index is 2.58. The average molecular weight is 257 g/mol. The van der Waals surface area contributed by atoms with Crippen molar-refractivity contribution < 1.29 is 19.4 Å². The zero-order valence-electron chi connectivity index (χ0n) is 11.4. The maximum atomic E-state index is 11.8. The highest BCUT2D eigenvalue weighted by Crippen LogP contribution is 2.35. The van der Waals surface area contributed by atoms with E-state index in [1.165, 1.54) is 4.90 Å². The number of aliphatic carboxylic acids is 1. The Morgan fingerprint density at radius 2 is 2.11 bits per heavy atom. The van der Waals surface area contributed by atoms with E-state index in [4.69, 9.17) is 4.74 Å². The molecule has 0 spiro atoms. The van der Waals surface area contributed by atoms with Crippen molar-refractivity contribution >= 4 is 12.1 Å². The van der Waals surface area contributed by atoms with Gasteiger partial charge in [-0.25, -0.2) is 4.79 Å². The molecular weight excluding hydrogens is 234 g/mol. The van der Waals surface area contributed by atoms with Gasteiger partial charge < -0.3 is 14.7 Å². The smallest absolute Gasteiger partial charge is 0.409 e. The number of carboxylic acid groups (broad SMARTS) is 1.